The van der Waals surface area contributed by atoms with E-state index in [1.807, 2.05) is 6.07 Å². The molecule has 3 unspecified atom stereocenters. The third-order valence-corrected chi connectivity index (χ3v) is 4.76. The summed E-state index contributed by atoms with van der Waals surface area (Å²) in [5.74, 6) is 1.20. The smallest absolute Gasteiger partial charge is 0.220 e. The number of nitrogens with zero attached hydrogens (tertiary/aromatic N) is 1. The van der Waals surface area contributed by atoms with Gasteiger partial charge >= 0.3 is 0 Å². The lowest BCUT2D eigenvalue weighted by Crippen LogP contribution is -2.49. The number of likely N-dealkylation sites (tertiary alicyclic amines) is 1. The lowest BCUT2D eigenvalue weighted by Gasteiger charge is -2.35. The molecular formula is C19H30N2O. The number of rotatable bonds is 6. The van der Waals surface area contributed by atoms with Crippen molar-refractivity contribution in [1.82, 2.24) is 10.2 Å². The summed E-state index contributed by atoms with van der Waals surface area (Å²) in [6.45, 7) is 6.58. The van der Waals surface area contributed by atoms with E-state index in [0.29, 0.717) is 24.3 Å². The zero-order chi connectivity index (χ0) is 15.9. The summed E-state index contributed by atoms with van der Waals surface area (Å²) < 4.78 is 0. The molecule has 1 saturated heterocycles. The van der Waals surface area contributed by atoms with E-state index in [1.165, 1.54) is 5.56 Å². The molecular weight excluding hydrogens is 272 g/mol. The van der Waals surface area contributed by atoms with Crippen LogP contribution in [0.15, 0.2) is 30.3 Å². The van der Waals surface area contributed by atoms with Crippen LogP contribution in [-0.2, 0) is 11.2 Å². The summed E-state index contributed by atoms with van der Waals surface area (Å²) in [6, 6.07) is 10.9. The molecule has 3 heteroatoms. The van der Waals surface area contributed by atoms with Crippen LogP contribution in [0.2, 0.25) is 0 Å². The molecule has 1 fully saturated rings. The van der Waals surface area contributed by atoms with Crippen molar-refractivity contribution >= 4 is 5.91 Å². The Balaban J connectivity index is 1.70. The molecule has 1 heterocycles. The number of piperidine rings is 1. The topological polar surface area (TPSA) is 32.3 Å². The summed E-state index contributed by atoms with van der Waals surface area (Å²) in [4.78, 5) is 14.6. The molecule has 1 aromatic carbocycles. The molecule has 3 nitrogen and oxygen atoms in total. The van der Waals surface area contributed by atoms with E-state index in [4.69, 9.17) is 0 Å². The quantitative estimate of drug-likeness (QED) is 0.876. The first-order valence-electron chi connectivity index (χ1n) is 8.56. The molecule has 1 aliphatic rings. The minimum Gasteiger partial charge on any atom is -0.353 e. The van der Waals surface area contributed by atoms with Gasteiger partial charge in [-0.3, -0.25) is 4.79 Å². The first kappa shape index (κ1) is 17.0. The van der Waals surface area contributed by atoms with E-state index in [-0.39, 0.29) is 5.91 Å². The van der Waals surface area contributed by atoms with Crippen molar-refractivity contribution < 1.29 is 4.79 Å². The van der Waals surface area contributed by atoms with Gasteiger partial charge in [0.1, 0.15) is 0 Å². The van der Waals surface area contributed by atoms with Crippen molar-refractivity contribution in [3.8, 4) is 0 Å². The van der Waals surface area contributed by atoms with E-state index < -0.39 is 0 Å². The lowest BCUT2D eigenvalue weighted by atomic mass is 9.93. The van der Waals surface area contributed by atoms with Gasteiger partial charge in [-0.2, -0.15) is 0 Å². The van der Waals surface area contributed by atoms with Gasteiger partial charge < -0.3 is 10.2 Å². The van der Waals surface area contributed by atoms with Crippen LogP contribution in [0.25, 0.3) is 0 Å². The molecule has 1 aliphatic heterocycles. The van der Waals surface area contributed by atoms with Crippen molar-refractivity contribution in [2.24, 2.45) is 11.8 Å². The van der Waals surface area contributed by atoms with E-state index in [1.54, 1.807) is 0 Å². The molecule has 1 aromatic rings. The maximum atomic E-state index is 12.2. The Labute approximate surface area is 135 Å². The molecule has 122 valence electrons. The van der Waals surface area contributed by atoms with Gasteiger partial charge in [-0.05, 0) is 50.3 Å². The zero-order valence-corrected chi connectivity index (χ0v) is 14.2. The highest BCUT2D eigenvalue weighted by molar-refractivity contribution is 5.76. The molecule has 1 amide bonds. The number of aryl methyl sites for hydroxylation is 1. The van der Waals surface area contributed by atoms with Gasteiger partial charge in [0, 0.05) is 19.0 Å². The van der Waals surface area contributed by atoms with Crippen molar-refractivity contribution in [3.05, 3.63) is 35.9 Å². The number of hydrogen-bond donors (Lipinski definition) is 1. The Kier molecular flexibility index (Phi) is 6.44. The second kappa shape index (κ2) is 8.33. The number of hydrogen-bond acceptors (Lipinski definition) is 2. The Morgan fingerprint density at radius 3 is 2.77 bits per heavy atom. The second-order valence-electron chi connectivity index (χ2n) is 7.04. The lowest BCUT2D eigenvalue weighted by molar-refractivity contribution is -0.123. The molecule has 0 radical (unpaired) electrons. The molecule has 22 heavy (non-hydrogen) atoms. The summed E-state index contributed by atoms with van der Waals surface area (Å²) in [5, 5.41) is 3.25. The van der Waals surface area contributed by atoms with Gasteiger partial charge in [0.25, 0.3) is 0 Å². The fourth-order valence-corrected chi connectivity index (χ4v) is 3.31. The van der Waals surface area contributed by atoms with Crippen LogP contribution in [0, 0.1) is 11.8 Å². The predicted molar refractivity (Wildman–Crippen MR) is 91.8 cm³/mol. The van der Waals surface area contributed by atoms with Crippen LogP contribution >= 0.6 is 0 Å². The maximum absolute atomic E-state index is 12.2. The molecule has 0 spiro atoms. The minimum absolute atomic E-state index is 0.224. The molecule has 1 N–H and O–H groups in total. The molecule has 0 aliphatic carbocycles. The molecule has 2 rings (SSSR count). The zero-order valence-electron chi connectivity index (χ0n) is 14.2. The van der Waals surface area contributed by atoms with E-state index in [9.17, 15) is 4.79 Å². The monoisotopic (exact) mass is 302 g/mol. The SMILES string of the molecule is CC(CCc1ccccc1)CC(=O)NC1CCN(C)CC1C. The van der Waals surface area contributed by atoms with Crippen LogP contribution in [0.1, 0.15) is 38.7 Å². The second-order valence-corrected chi connectivity index (χ2v) is 7.04. The van der Waals surface area contributed by atoms with E-state index in [2.05, 4.69) is 55.4 Å². The number of benzene rings is 1. The van der Waals surface area contributed by atoms with E-state index >= 15 is 0 Å². The van der Waals surface area contributed by atoms with Crippen LogP contribution < -0.4 is 5.32 Å². The minimum atomic E-state index is 0.224. The number of amides is 1. The summed E-state index contributed by atoms with van der Waals surface area (Å²) in [5.41, 5.74) is 1.36. The average molecular weight is 302 g/mol. The highest BCUT2D eigenvalue weighted by Gasteiger charge is 2.25. The first-order valence-corrected chi connectivity index (χ1v) is 8.56. The van der Waals surface area contributed by atoms with Gasteiger partial charge in [-0.15, -0.1) is 0 Å². The standard InChI is InChI=1S/C19H30N2O/c1-15(9-10-17-7-5-4-6-8-17)13-19(22)20-18-11-12-21(3)14-16(18)2/h4-8,15-16,18H,9-14H2,1-3H3,(H,20,22). The molecule has 3 atom stereocenters. The van der Waals surface area contributed by atoms with Crippen molar-refractivity contribution in [2.45, 2.75) is 45.6 Å². The van der Waals surface area contributed by atoms with Gasteiger partial charge in [0.15, 0.2) is 0 Å². The van der Waals surface area contributed by atoms with Gasteiger partial charge in [0.2, 0.25) is 5.91 Å². The van der Waals surface area contributed by atoms with Crippen molar-refractivity contribution in [3.63, 3.8) is 0 Å². The Morgan fingerprint density at radius 2 is 2.09 bits per heavy atom. The van der Waals surface area contributed by atoms with Crippen LogP contribution in [-0.4, -0.2) is 37.0 Å². The summed E-state index contributed by atoms with van der Waals surface area (Å²) in [6.07, 6.45) is 3.84. The van der Waals surface area contributed by atoms with Crippen LogP contribution in [0.5, 0.6) is 0 Å². The third kappa shape index (κ3) is 5.45. The maximum Gasteiger partial charge on any atom is 0.220 e. The fraction of sp³-hybridized carbons (Fsp3) is 0.632. The highest BCUT2D eigenvalue weighted by atomic mass is 16.1. The third-order valence-electron chi connectivity index (χ3n) is 4.76. The Hall–Kier alpha value is -1.35. The normalized spacial score (nSPS) is 24.0. The van der Waals surface area contributed by atoms with Gasteiger partial charge in [-0.1, -0.05) is 44.2 Å². The average Bonchev–Trinajstić information content (AvgIpc) is 2.49. The van der Waals surface area contributed by atoms with Crippen molar-refractivity contribution in [2.75, 3.05) is 20.1 Å². The molecule has 0 bridgehead atoms. The Bertz CT molecular complexity index is 460. The molecule has 0 aromatic heterocycles. The van der Waals surface area contributed by atoms with E-state index in [0.717, 1.165) is 32.4 Å². The number of carbonyl (C=O) groups excluding carboxylic acids is 1. The number of nitrogens with one attached hydrogen (secondary N) is 1. The molecule has 0 saturated carbocycles. The highest BCUT2D eigenvalue weighted by Crippen LogP contribution is 2.17. The van der Waals surface area contributed by atoms with Crippen LogP contribution in [0.3, 0.4) is 0 Å². The fourth-order valence-electron chi connectivity index (χ4n) is 3.31. The summed E-state index contributed by atoms with van der Waals surface area (Å²) >= 11 is 0. The Morgan fingerprint density at radius 1 is 1.36 bits per heavy atom. The predicted octanol–water partition coefficient (Wildman–Crippen LogP) is 3.10. The van der Waals surface area contributed by atoms with Gasteiger partial charge in [-0.25, -0.2) is 0 Å². The number of carbonyl (C=O) groups is 1. The van der Waals surface area contributed by atoms with Gasteiger partial charge in [0.05, 0.1) is 0 Å². The largest absolute Gasteiger partial charge is 0.353 e. The first-order chi connectivity index (χ1) is 10.5. The van der Waals surface area contributed by atoms with Crippen molar-refractivity contribution in [1.29, 1.82) is 0 Å². The summed E-state index contributed by atoms with van der Waals surface area (Å²) in [7, 11) is 2.15. The van der Waals surface area contributed by atoms with Crippen LogP contribution in [0.4, 0.5) is 0 Å².